The van der Waals surface area contributed by atoms with Crippen LogP contribution in [0.15, 0.2) is 60.7 Å². The molecule has 3 rings (SSSR count). The summed E-state index contributed by atoms with van der Waals surface area (Å²) in [5.41, 5.74) is 4.25. The van der Waals surface area contributed by atoms with Gasteiger partial charge in [0, 0.05) is 0 Å². The first-order chi connectivity index (χ1) is 9.64. The van der Waals surface area contributed by atoms with Crippen LogP contribution in [0.5, 0.6) is 5.75 Å². The minimum absolute atomic E-state index is 0.198. The number of hydrogen-bond donors (Lipinski definition) is 0. The third-order valence-corrected chi connectivity index (χ3v) is 3.71. The zero-order valence-electron chi connectivity index (χ0n) is 12.1. The topological polar surface area (TPSA) is 9.23 Å². The molecule has 0 atom stereocenters. The van der Waals surface area contributed by atoms with Gasteiger partial charge in [-0.3, -0.25) is 0 Å². The second-order valence-corrected chi connectivity index (χ2v) is 6.09. The highest BCUT2D eigenvalue weighted by atomic mass is 16.5. The third kappa shape index (κ3) is 2.77. The molecule has 0 fully saturated rings. The largest absolute Gasteiger partial charge is 0.489 e. The molecule has 0 N–H and O–H groups in total. The van der Waals surface area contributed by atoms with E-state index < -0.39 is 0 Å². The van der Waals surface area contributed by atoms with Crippen molar-refractivity contribution in [3.05, 3.63) is 71.8 Å². The lowest BCUT2D eigenvalue weighted by molar-refractivity contribution is 0.364. The number of benzene rings is 2. The number of para-hydroxylation sites is 1. The number of fused-ring (bicyclic) bond motifs is 1. The highest BCUT2D eigenvalue weighted by Gasteiger charge is 2.24. The molecular weight excluding hydrogens is 244 g/mol. The molecule has 2 aromatic carbocycles. The maximum atomic E-state index is 5.93. The standard InChI is InChI=1S/C19H20O/c1-19(2)12-15-8-6-7-11-18(15)16(13-19)14-20-17-9-4-3-5-10-17/h3-11,13H,12,14H2,1-2H3. The lowest BCUT2D eigenvalue weighted by atomic mass is 9.76. The lowest BCUT2D eigenvalue weighted by Gasteiger charge is -2.29. The SMILES string of the molecule is CC1(C)C=C(COc2ccccc2)c2ccccc2C1. The van der Waals surface area contributed by atoms with Crippen molar-refractivity contribution in [3.8, 4) is 5.75 Å². The molecule has 0 amide bonds. The zero-order valence-corrected chi connectivity index (χ0v) is 12.1. The average Bonchev–Trinajstić information content (AvgIpc) is 2.45. The Bertz CT molecular complexity index is 623. The summed E-state index contributed by atoms with van der Waals surface area (Å²) in [7, 11) is 0. The molecule has 0 saturated heterocycles. The van der Waals surface area contributed by atoms with E-state index in [1.165, 1.54) is 16.7 Å². The van der Waals surface area contributed by atoms with E-state index in [0.29, 0.717) is 6.61 Å². The molecule has 20 heavy (non-hydrogen) atoms. The van der Waals surface area contributed by atoms with Gasteiger partial charge in [-0.25, -0.2) is 0 Å². The Morgan fingerprint density at radius 1 is 0.950 bits per heavy atom. The predicted molar refractivity (Wildman–Crippen MR) is 83.8 cm³/mol. The van der Waals surface area contributed by atoms with Crippen molar-refractivity contribution in [1.82, 2.24) is 0 Å². The normalized spacial score (nSPS) is 16.2. The van der Waals surface area contributed by atoms with Gasteiger partial charge in [-0.05, 0) is 40.7 Å². The summed E-state index contributed by atoms with van der Waals surface area (Å²) >= 11 is 0. The second kappa shape index (κ2) is 5.16. The van der Waals surface area contributed by atoms with Gasteiger partial charge in [-0.15, -0.1) is 0 Å². The third-order valence-electron chi connectivity index (χ3n) is 3.71. The van der Waals surface area contributed by atoms with Crippen LogP contribution in [-0.2, 0) is 6.42 Å². The van der Waals surface area contributed by atoms with Crippen molar-refractivity contribution >= 4 is 5.57 Å². The van der Waals surface area contributed by atoms with Gasteiger partial charge < -0.3 is 4.74 Å². The fraction of sp³-hybridized carbons (Fsp3) is 0.263. The highest BCUT2D eigenvalue weighted by Crippen LogP contribution is 2.36. The van der Waals surface area contributed by atoms with Crippen LogP contribution in [-0.4, -0.2) is 6.61 Å². The van der Waals surface area contributed by atoms with E-state index in [0.717, 1.165) is 12.2 Å². The first-order valence-electron chi connectivity index (χ1n) is 7.12. The number of ether oxygens (including phenoxy) is 1. The summed E-state index contributed by atoms with van der Waals surface area (Å²) < 4.78 is 5.93. The molecule has 0 bridgehead atoms. The fourth-order valence-corrected chi connectivity index (χ4v) is 2.88. The molecule has 0 saturated carbocycles. The van der Waals surface area contributed by atoms with Crippen LogP contribution in [0.4, 0.5) is 0 Å². The number of allylic oxidation sites excluding steroid dienone is 1. The van der Waals surface area contributed by atoms with Crippen LogP contribution < -0.4 is 4.74 Å². The Labute approximate surface area is 120 Å². The molecule has 1 heteroatoms. The molecule has 1 nitrogen and oxygen atoms in total. The molecule has 2 aromatic rings. The quantitative estimate of drug-likeness (QED) is 0.778. The molecule has 1 aliphatic carbocycles. The number of hydrogen-bond acceptors (Lipinski definition) is 1. The van der Waals surface area contributed by atoms with Gasteiger partial charge in [0.05, 0.1) is 0 Å². The van der Waals surface area contributed by atoms with Crippen molar-refractivity contribution in [1.29, 1.82) is 0 Å². The fourth-order valence-electron chi connectivity index (χ4n) is 2.88. The zero-order chi connectivity index (χ0) is 14.0. The summed E-state index contributed by atoms with van der Waals surface area (Å²) in [5, 5.41) is 0. The van der Waals surface area contributed by atoms with Crippen LogP contribution >= 0.6 is 0 Å². The predicted octanol–water partition coefficient (Wildman–Crippen LogP) is 4.73. The summed E-state index contributed by atoms with van der Waals surface area (Å²) in [5.74, 6) is 0.925. The Morgan fingerprint density at radius 2 is 1.65 bits per heavy atom. The molecule has 0 aromatic heterocycles. The molecule has 0 radical (unpaired) electrons. The summed E-state index contributed by atoms with van der Waals surface area (Å²) in [6, 6.07) is 18.7. The first-order valence-corrected chi connectivity index (χ1v) is 7.12. The van der Waals surface area contributed by atoms with E-state index in [1.807, 2.05) is 30.3 Å². The van der Waals surface area contributed by atoms with Gasteiger partial charge in [0.1, 0.15) is 12.4 Å². The Morgan fingerprint density at radius 3 is 2.45 bits per heavy atom. The van der Waals surface area contributed by atoms with E-state index in [2.05, 4.69) is 44.2 Å². The molecule has 0 aliphatic heterocycles. The molecule has 102 valence electrons. The van der Waals surface area contributed by atoms with E-state index >= 15 is 0 Å². The van der Waals surface area contributed by atoms with Crippen molar-refractivity contribution in [2.75, 3.05) is 6.61 Å². The maximum absolute atomic E-state index is 5.93. The average molecular weight is 264 g/mol. The van der Waals surface area contributed by atoms with Crippen LogP contribution in [0.3, 0.4) is 0 Å². The molecule has 0 unspecified atom stereocenters. The Hall–Kier alpha value is -2.02. The van der Waals surface area contributed by atoms with E-state index in [4.69, 9.17) is 4.74 Å². The van der Waals surface area contributed by atoms with E-state index in [1.54, 1.807) is 0 Å². The van der Waals surface area contributed by atoms with Crippen LogP contribution in [0.1, 0.15) is 25.0 Å². The number of rotatable bonds is 3. The van der Waals surface area contributed by atoms with Crippen molar-refractivity contribution in [3.63, 3.8) is 0 Å². The minimum Gasteiger partial charge on any atom is -0.489 e. The van der Waals surface area contributed by atoms with Gasteiger partial charge >= 0.3 is 0 Å². The van der Waals surface area contributed by atoms with Gasteiger partial charge in [-0.1, -0.05) is 62.4 Å². The van der Waals surface area contributed by atoms with E-state index in [9.17, 15) is 0 Å². The summed E-state index contributed by atoms with van der Waals surface area (Å²) in [6.07, 6.45) is 3.45. The molecule has 1 aliphatic rings. The van der Waals surface area contributed by atoms with Gasteiger partial charge in [0.15, 0.2) is 0 Å². The Kier molecular flexibility index (Phi) is 3.35. The van der Waals surface area contributed by atoms with Crippen LogP contribution in [0.25, 0.3) is 5.57 Å². The maximum Gasteiger partial charge on any atom is 0.119 e. The Balaban J connectivity index is 1.85. The van der Waals surface area contributed by atoms with Crippen LogP contribution in [0, 0.1) is 5.41 Å². The lowest BCUT2D eigenvalue weighted by Crippen LogP contribution is -2.20. The van der Waals surface area contributed by atoms with Crippen molar-refractivity contribution in [2.24, 2.45) is 5.41 Å². The smallest absolute Gasteiger partial charge is 0.119 e. The first kappa shape index (κ1) is 13.0. The molecular formula is C19H20O. The van der Waals surface area contributed by atoms with E-state index in [-0.39, 0.29) is 5.41 Å². The van der Waals surface area contributed by atoms with Crippen molar-refractivity contribution < 1.29 is 4.74 Å². The highest BCUT2D eigenvalue weighted by molar-refractivity contribution is 5.72. The van der Waals surface area contributed by atoms with Gasteiger partial charge in [0.25, 0.3) is 0 Å². The summed E-state index contributed by atoms with van der Waals surface area (Å²) in [6.45, 7) is 5.20. The monoisotopic (exact) mass is 264 g/mol. The molecule has 0 spiro atoms. The van der Waals surface area contributed by atoms with Crippen LogP contribution in [0.2, 0.25) is 0 Å². The molecule has 0 heterocycles. The summed E-state index contributed by atoms with van der Waals surface area (Å²) in [4.78, 5) is 0. The second-order valence-electron chi connectivity index (χ2n) is 6.09. The van der Waals surface area contributed by atoms with Crippen molar-refractivity contribution in [2.45, 2.75) is 20.3 Å². The van der Waals surface area contributed by atoms with Gasteiger partial charge in [0.2, 0.25) is 0 Å². The van der Waals surface area contributed by atoms with Gasteiger partial charge in [-0.2, -0.15) is 0 Å². The minimum atomic E-state index is 0.198.